The fourth-order valence-electron chi connectivity index (χ4n) is 1.92. The van der Waals surface area contributed by atoms with E-state index in [0.717, 1.165) is 25.9 Å². The Bertz CT molecular complexity index is 181. The summed E-state index contributed by atoms with van der Waals surface area (Å²) in [6, 6.07) is -0.0555. The maximum atomic E-state index is 12.2. The van der Waals surface area contributed by atoms with Gasteiger partial charge in [-0.25, -0.2) is 0 Å². The molecule has 1 saturated heterocycles. The minimum absolute atomic E-state index is 0.0555. The lowest BCUT2D eigenvalue weighted by Gasteiger charge is -2.34. The highest BCUT2D eigenvalue weighted by Gasteiger charge is 2.33. The summed E-state index contributed by atoms with van der Waals surface area (Å²) in [5.41, 5.74) is 0. The zero-order valence-electron chi connectivity index (χ0n) is 8.56. The first-order chi connectivity index (χ1) is 7.03. The number of nitrogens with zero attached hydrogens (tertiary/aromatic N) is 1. The standard InChI is InChI=1S/C9H17F3N2O/c10-9(11,12)7-14(5-6-15)8-1-3-13-4-2-8/h8,13,15H,1-7H2. The molecule has 1 aliphatic rings. The average molecular weight is 226 g/mol. The summed E-state index contributed by atoms with van der Waals surface area (Å²) < 4.78 is 36.7. The van der Waals surface area contributed by atoms with Crippen molar-refractivity contribution in [1.29, 1.82) is 0 Å². The first-order valence-corrected chi connectivity index (χ1v) is 5.15. The van der Waals surface area contributed by atoms with Gasteiger partial charge in [-0.15, -0.1) is 0 Å². The summed E-state index contributed by atoms with van der Waals surface area (Å²) in [5.74, 6) is 0. The number of piperidine rings is 1. The molecule has 0 aliphatic carbocycles. The third kappa shape index (κ3) is 4.81. The van der Waals surface area contributed by atoms with E-state index >= 15 is 0 Å². The molecule has 2 N–H and O–H groups in total. The number of hydrogen-bond donors (Lipinski definition) is 2. The highest BCUT2D eigenvalue weighted by Crippen LogP contribution is 2.20. The van der Waals surface area contributed by atoms with E-state index in [0.29, 0.717) is 0 Å². The van der Waals surface area contributed by atoms with Crippen LogP contribution in [0.4, 0.5) is 13.2 Å². The first-order valence-electron chi connectivity index (χ1n) is 5.15. The van der Waals surface area contributed by atoms with Gasteiger partial charge < -0.3 is 10.4 Å². The van der Waals surface area contributed by atoms with Crippen LogP contribution in [0.15, 0.2) is 0 Å². The van der Waals surface area contributed by atoms with Gasteiger partial charge in [-0.1, -0.05) is 0 Å². The van der Waals surface area contributed by atoms with Crippen LogP contribution in [0.2, 0.25) is 0 Å². The largest absolute Gasteiger partial charge is 0.401 e. The Labute approximate surface area is 87.3 Å². The number of rotatable bonds is 4. The Hall–Kier alpha value is -0.330. The van der Waals surface area contributed by atoms with Gasteiger partial charge in [-0.3, -0.25) is 4.90 Å². The minimum Gasteiger partial charge on any atom is -0.395 e. The van der Waals surface area contributed by atoms with Gasteiger partial charge in [-0.2, -0.15) is 13.2 Å². The molecule has 90 valence electrons. The van der Waals surface area contributed by atoms with Crippen molar-refractivity contribution in [2.45, 2.75) is 25.1 Å². The number of halogens is 3. The normalized spacial score (nSPS) is 19.8. The molecule has 6 heteroatoms. The lowest BCUT2D eigenvalue weighted by Crippen LogP contribution is -2.47. The van der Waals surface area contributed by atoms with Crippen molar-refractivity contribution in [1.82, 2.24) is 10.2 Å². The number of alkyl halides is 3. The Kier molecular flexibility index (Phi) is 4.82. The van der Waals surface area contributed by atoms with Crippen molar-refractivity contribution >= 4 is 0 Å². The van der Waals surface area contributed by atoms with Crippen LogP contribution in [0.5, 0.6) is 0 Å². The molecule has 0 aromatic carbocycles. The molecular formula is C9H17F3N2O. The van der Waals surface area contributed by atoms with E-state index < -0.39 is 12.7 Å². The smallest absolute Gasteiger partial charge is 0.395 e. The molecule has 0 spiro atoms. The summed E-state index contributed by atoms with van der Waals surface area (Å²) in [7, 11) is 0. The molecule has 15 heavy (non-hydrogen) atoms. The SMILES string of the molecule is OCCN(CC(F)(F)F)C1CCNCC1. The summed E-state index contributed by atoms with van der Waals surface area (Å²) >= 11 is 0. The van der Waals surface area contributed by atoms with Crippen molar-refractivity contribution in [2.75, 3.05) is 32.8 Å². The molecule has 0 atom stereocenters. The average Bonchev–Trinajstić information content (AvgIpc) is 2.17. The van der Waals surface area contributed by atoms with Gasteiger partial charge in [0.05, 0.1) is 13.2 Å². The summed E-state index contributed by atoms with van der Waals surface area (Å²) in [6.45, 7) is 0.470. The Morgan fingerprint density at radius 2 is 1.87 bits per heavy atom. The first kappa shape index (κ1) is 12.7. The van der Waals surface area contributed by atoms with Gasteiger partial charge in [0.25, 0.3) is 0 Å². The number of hydrogen-bond acceptors (Lipinski definition) is 3. The maximum Gasteiger partial charge on any atom is 0.401 e. The Morgan fingerprint density at radius 1 is 1.27 bits per heavy atom. The molecule has 1 fully saturated rings. The van der Waals surface area contributed by atoms with E-state index in [1.807, 2.05) is 0 Å². The number of nitrogens with one attached hydrogen (secondary N) is 1. The lowest BCUT2D eigenvalue weighted by atomic mass is 10.0. The van der Waals surface area contributed by atoms with Crippen molar-refractivity contribution in [3.05, 3.63) is 0 Å². The second kappa shape index (κ2) is 5.67. The summed E-state index contributed by atoms with van der Waals surface area (Å²) in [4.78, 5) is 1.33. The summed E-state index contributed by atoms with van der Waals surface area (Å²) in [5, 5.41) is 11.8. The molecule has 1 rings (SSSR count). The molecule has 0 saturated carbocycles. The molecule has 1 heterocycles. The lowest BCUT2D eigenvalue weighted by molar-refractivity contribution is -0.152. The molecule has 0 amide bonds. The molecule has 0 bridgehead atoms. The summed E-state index contributed by atoms with van der Waals surface area (Å²) in [6.07, 6.45) is -2.74. The van der Waals surface area contributed by atoms with E-state index in [1.165, 1.54) is 4.90 Å². The van der Waals surface area contributed by atoms with Crippen molar-refractivity contribution in [3.8, 4) is 0 Å². The van der Waals surface area contributed by atoms with E-state index in [4.69, 9.17) is 5.11 Å². The van der Waals surface area contributed by atoms with Gasteiger partial charge in [0.15, 0.2) is 0 Å². The molecule has 0 aromatic rings. The topological polar surface area (TPSA) is 35.5 Å². The quantitative estimate of drug-likeness (QED) is 0.736. The highest BCUT2D eigenvalue weighted by molar-refractivity contribution is 4.79. The number of aliphatic hydroxyl groups is 1. The van der Waals surface area contributed by atoms with Crippen LogP contribution in [0, 0.1) is 0 Å². The van der Waals surface area contributed by atoms with Crippen molar-refractivity contribution in [3.63, 3.8) is 0 Å². The van der Waals surface area contributed by atoms with Crippen LogP contribution in [0.3, 0.4) is 0 Å². The monoisotopic (exact) mass is 226 g/mol. The second-order valence-corrected chi connectivity index (χ2v) is 3.79. The second-order valence-electron chi connectivity index (χ2n) is 3.79. The van der Waals surface area contributed by atoms with Gasteiger partial charge in [0.1, 0.15) is 0 Å². The molecule has 0 unspecified atom stereocenters. The molecular weight excluding hydrogens is 209 g/mol. The van der Waals surface area contributed by atoms with Gasteiger partial charge >= 0.3 is 6.18 Å². The predicted octanol–water partition coefficient (Wildman–Crippen LogP) is 0.595. The number of aliphatic hydroxyl groups excluding tert-OH is 1. The van der Waals surface area contributed by atoms with Crippen molar-refractivity contribution < 1.29 is 18.3 Å². The van der Waals surface area contributed by atoms with Crippen LogP contribution in [-0.4, -0.2) is 55.0 Å². The van der Waals surface area contributed by atoms with E-state index in [2.05, 4.69) is 5.32 Å². The Morgan fingerprint density at radius 3 is 2.33 bits per heavy atom. The van der Waals surface area contributed by atoms with Crippen molar-refractivity contribution in [2.24, 2.45) is 0 Å². The van der Waals surface area contributed by atoms with Crippen LogP contribution >= 0.6 is 0 Å². The molecule has 0 radical (unpaired) electrons. The third-order valence-electron chi connectivity index (χ3n) is 2.59. The highest BCUT2D eigenvalue weighted by atomic mass is 19.4. The fraction of sp³-hybridized carbons (Fsp3) is 1.00. The van der Waals surface area contributed by atoms with E-state index in [9.17, 15) is 13.2 Å². The van der Waals surface area contributed by atoms with Crippen LogP contribution < -0.4 is 5.32 Å². The molecule has 0 aromatic heterocycles. The third-order valence-corrected chi connectivity index (χ3v) is 2.59. The zero-order valence-corrected chi connectivity index (χ0v) is 8.56. The van der Waals surface area contributed by atoms with Gasteiger partial charge in [0, 0.05) is 12.6 Å². The van der Waals surface area contributed by atoms with Crippen LogP contribution in [0.25, 0.3) is 0 Å². The zero-order chi connectivity index (χ0) is 11.3. The van der Waals surface area contributed by atoms with E-state index in [1.54, 1.807) is 0 Å². The minimum atomic E-state index is -4.18. The molecule has 3 nitrogen and oxygen atoms in total. The molecule has 1 aliphatic heterocycles. The van der Waals surface area contributed by atoms with Crippen LogP contribution in [-0.2, 0) is 0 Å². The van der Waals surface area contributed by atoms with Crippen LogP contribution in [0.1, 0.15) is 12.8 Å². The van der Waals surface area contributed by atoms with E-state index in [-0.39, 0.29) is 19.2 Å². The van der Waals surface area contributed by atoms with Gasteiger partial charge in [0.2, 0.25) is 0 Å². The fourth-order valence-corrected chi connectivity index (χ4v) is 1.92. The maximum absolute atomic E-state index is 12.2. The van der Waals surface area contributed by atoms with Gasteiger partial charge in [-0.05, 0) is 25.9 Å². The Balaban J connectivity index is 2.47. The predicted molar refractivity (Wildman–Crippen MR) is 50.6 cm³/mol.